The molecule has 0 fully saturated rings. The minimum atomic E-state index is -0.363. The first-order valence-corrected chi connectivity index (χ1v) is 5.86. The summed E-state index contributed by atoms with van der Waals surface area (Å²) in [5.41, 5.74) is 1.95. The monoisotopic (exact) mass is 226 g/mol. The molecule has 0 aliphatic heterocycles. The number of hydrogen-bond acceptors (Lipinski definition) is 3. The van der Waals surface area contributed by atoms with E-state index in [-0.39, 0.29) is 23.9 Å². The Morgan fingerprint density at radius 2 is 2.19 bits per heavy atom. The molecule has 3 heteroatoms. The molecule has 1 aliphatic carbocycles. The minimum absolute atomic E-state index is 0.0363. The van der Waals surface area contributed by atoms with Gasteiger partial charge in [-0.05, 0) is 33.1 Å². The molecule has 1 aliphatic rings. The fraction of sp³-hybridized carbons (Fsp3) is 0.769. The van der Waals surface area contributed by atoms with Crippen LogP contribution in [0.5, 0.6) is 0 Å². The number of carbonyl (C=O) groups is 1. The third-order valence-corrected chi connectivity index (χ3v) is 3.55. The summed E-state index contributed by atoms with van der Waals surface area (Å²) in [6, 6.07) is 0. The molecule has 0 aromatic carbocycles. The first-order valence-electron chi connectivity index (χ1n) is 5.86. The zero-order valence-electron chi connectivity index (χ0n) is 10.4. The molecule has 0 heterocycles. The van der Waals surface area contributed by atoms with E-state index in [2.05, 4.69) is 0 Å². The number of rotatable bonds is 4. The van der Waals surface area contributed by atoms with Gasteiger partial charge in [0, 0.05) is 11.8 Å². The topological polar surface area (TPSA) is 57.5 Å². The van der Waals surface area contributed by atoms with Gasteiger partial charge in [-0.2, -0.15) is 0 Å². The van der Waals surface area contributed by atoms with Crippen LogP contribution in [0, 0.1) is 5.41 Å². The second-order valence-corrected chi connectivity index (χ2v) is 5.24. The second kappa shape index (κ2) is 5.11. The van der Waals surface area contributed by atoms with E-state index in [1.165, 1.54) is 0 Å². The highest BCUT2D eigenvalue weighted by atomic mass is 16.3. The van der Waals surface area contributed by atoms with Crippen molar-refractivity contribution in [3.8, 4) is 0 Å². The standard InChI is InChI=1S/C13H22O3/c1-9-6-11(16)7-13(3,8-14)12(9)5-4-10(2)15/h11,14,16H,4-8H2,1-3H3/t11-,13-/m1/s1. The van der Waals surface area contributed by atoms with Gasteiger partial charge < -0.3 is 15.0 Å². The SMILES string of the molecule is CC(=O)CCC1=C(C)C[C@@H](O)C[C@]1(C)CO. The summed E-state index contributed by atoms with van der Waals surface area (Å²) in [5, 5.41) is 19.2. The van der Waals surface area contributed by atoms with Crippen molar-refractivity contribution < 1.29 is 15.0 Å². The molecular formula is C13H22O3. The van der Waals surface area contributed by atoms with E-state index in [4.69, 9.17) is 0 Å². The summed E-state index contributed by atoms with van der Waals surface area (Å²) in [6.07, 6.45) is 2.14. The highest BCUT2D eigenvalue weighted by molar-refractivity contribution is 5.75. The lowest BCUT2D eigenvalue weighted by molar-refractivity contribution is -0.117. The maximum atomic E-state index is 11.0. The van der Waals surface area contributed by atoms with Crippen molar-refractivity contribution in [3.63, 3.8) is 0 Å². The predicted octanol–water partition coefficient (Wildman–Crippen LogP) is 1.83. The lowest BCUT2D eigenvalue weighted by Gasteiger charge is -2.38. The van der Waals surface area contributed by atoms with Crippen LogP contribution in [0.1, 0.15) is 46.5 Å². The number of hydrogen-bond donors (Lipinski definition) is 2. The van der Waals surface area contributed by atoms with E-state index in [1.807, 2.05) is 13.8 Å². The minimum Gasteiger partial charge on any atom is -0.395 e. The molecule has 0 saturated carbocycles. The fourth-order valence-corrected chi connectivity index (χ4v) is 2.68. The molecular weight excluding hydrogens is 204 g/mol. The normalized spacial score (nSPS) is 30.7. The third kappa shape index (κ3) is 2.92. The molecule has 0 aromatic rings. The van der Waals surface area contributed by atoms with Crippen LogP contribution in [0.2, 0.25) is 0 Å². The number of carbonyl (C=O) groups excluding carboxylic acids is 1. The molecule has 2 atom stereocenters. The summed E-state index contributed by atoms with van der Waals surface area (Å²) in [6.45, 7) is 5.58. The van der Waals surface area contributed by atoms with Crippen molar-refractivity contribution in [3.05, 3.63) is 11.1 Å². The van der Waals surface area contributed by atoms with E-state index in [1.54, 1.807) is 6.92 Å². The quantitative estimate of drug-likeness (QED) is 0.719. The molecule has 2 N–H and O–H groups in total. The maximum Gasteiger partial charge on any atom is 0.130 e. The molecule has 16 heavy (non-hydrogen) atoms. The van der Waals surface area contributed by atoms with Gasteiger partial charge in [0.25, 0.3) is 0 Å². The summed E-state index contributed by atoms with van der Waals surface area (Å²) in [5.74, 6) is 0.173. The Labute approximate surface area is 97.2 Å². The van der Waals surface area contributed by atoms with Crippen LogP contribution in [0.15, 0.2) is 11.1 Å². The van der Waals surface area contributed by atoms with Crippen molar-refractivity contribution >= 4 is 5.78 Å². The second-order valence-electron chi connectivity index (χ2n) is 5.24. The average molecular weight is 226 g/mol. The Balaban J connectivity index is 2.89. The molecule has 3 nitrogen and oxygen atoms in total. The number of aliphatic hydroxyl groups is 2. The van der Waals surface area contributed by atoms with E-state index in [9.17, 15) is 15.0 Å². The van der Waals surface area contributed by atoms with Crippen molar-refractivity contribution in [1.29, 1.82) is 0 Å². The zero-order chi connectivity index (χ0) is 12.3. The first-order chi connectivity index (χ1) is 7.39. The van der Waals surface area contributed by atoms with Crippen LogP contribution >= 0.6 is 0 Å². The van der Waals surface area contributed by atoms with Crippen molar-refractivity contribution in [2.45, 2.75) is 52.6 Å². The Morgan fingerprint density at radius 3 is 2.69 bits per heavy atom. The highest BCUT2D eigenvalue weighted by Gasteiger charge is 2.35. The van der Waals surface area contributed by atoms with Gasteiger partial charge in [-0.25, -0.2) is 0 Å². The van der Waals surface area contributed by atoms with Gasteiger partial charge in [0.1, 0.15) is 5.78 Å². The Bertz CT molecular complexity index is 306. The maximum absolute atomic E-state index is 11.0. The summed E-state index contributed by atoms with van der Waals surface area (Å²) in [7, 11) is 0. The smallest absolute Gasteiger partial charge is 0.130 e. The summed E-state index contributed by atoms with van der Waals surface area (Å²) >= 11 is 0. The molecule has 92 valence electrons. The van der Waals surface area contributed by atoms with Gasteiger partial charge in [-0.3, -0.25) is 0 Å². The average Bonchev–Trinajstić information content (AvgIpc) is 2.15. The third-order valence-electron chi connectivity index (χ3n) is 3.55. The number of aliphatic hydroxyl groups excluding tert-OH is 2. The molecule has 0 amide bonds. The predicted molar refractivity (Wildman–Crippen MR) is 63.0 cm³/mol. The van der Waals surface area contributed by atoms with Gasteiger partial charge in [-0.15, -0.1) is 0 Å². The van der Waals surface area contributed by atoms with Crippen LogP contribution in [-0.4, -0.2) is 28.7 Å². The molecule has 0 saturated heterocycles. The lowest BCUT2D eigenvalue weighted by atomic mass is 9.69. The van der Waals surface area contributed by atoms with Crippen LogP contribution in [0.25, 0.3) is 0 Å². The Kier molecular flexibility index (Phi) is 4.28. The highest BCUT2D eigenvalue weighted by Crippen LogP contribution is 2.42. The van der Waals surface area contributed by atoms with E-state index < -0.39 is 0 Å². The van der Waals surface area contributed by atoms with Gasteiger partial charge in [0.05, 0.1) is 12.7 Å². The molecule has 0 spiro atoms. The van der Waals surface area contributed by atoms with Gasteiger partial charge in [0.2, 0.25) is 0 Å². The van der Waals surface area contributed by atoms with Crippen LogP contribution < -0.4 is 0 Å². The van der Waals surface area contributed by atoms with Crippen LogP contribution in [0.4, 0.5) is 0 Å². The largest absolute Gasteiger partial charge is 0.395 e. The molecule has 0 bridgehead atoms. The Hall–Kier alpha value is -0.670. The molecule has 0 radical (unpaired) electrons. The number of Topliss-reactive ketones (excluding diaryl/α,β-unsaturated/α-hetero) is 1. The fourth-order valence-electron chi connectivity index (χ4n) is 2.68. The summed E-state index contributed by atoms with van der Waals surface area (Å²) < 4.78 is 0. The summed E-state index contributed by atoms with van der Waals surface area (Å²) in [4.78, 5) is 11.0. The van der Waals surface area contributed by atoms with Gasteiger partial charge in [0.15, 0.2) is 0 Å². The molecule has 1 rings (SSSR count). The zero-order valence-corrected chi connectivity index (χ0v) is 10.4. The van der Waals surface area contributed by atoms with E-state index in [0.717, 1.165) is 11.1 Å². The lowest BCUT2D eigenvalue weighted by Crippen LogP contribution is -2.34. The van der Waals surface area contributed by atoms with Crippen molar-refractivity contribution in [2.24, 2.45) is 5.41 Å². The van der Waals surface area contributed by atoms with Crippen molar-refractivity contribution in [1.82, 2.24) is 0 Å². The van der Waals surface area contributed by atoms with Gasteiger partial charge in [-0.1, -0.05) is 18.1 Å². The van der Waals surface area contributed by atoms with Gasteiger partial charge >= 0.3 is 0 Å². The van der Waals surface area contributed by atoms with E-state index in [0.29, 0.717) is 25.7 Å². The first kappa shape index (κ1) is 13.4. The van der Waals surface area contributed by atoms with Crippen LogP contribution in [-0.2, 0) is 4.79 Å². The Morgan fingerprint density at radius 1 is 1.56 bits per heavy atom. The van der Waals surface area contributed by atoms with Crippen molar-refractivity contribution in [2.75, 3.05) is 6.61 Å². The molecule has 0 aromatic heterocycles. The van der Waals surface area contributed by atoms with Crippen LogP contribution in [0.3, 0.4) is 0 Å². The molecule has 0 unspecified atom stereocenters. The number of ketones is 1. The van der Waals surface area contributed by atoms with E-state index >= 15 is 0 Å².